The molecule has 166 valence electrons. The zero-order valence-corrected chi connectivity index (χ0v) is 19.5. The number of nitrogens with one attached hydrogen (secondary N) is 1. The Hall–Kier alpha value is -3.06. The lowest BCUT2D eigenvalue weighted by Crippen LogP contribution is -2.28. The second-order valence-electron chi connectivity index (χ2n) is 8.24. The van der Waals surface area contributed by atoms with Crippen molar-refractivity contribution in [3.8, 4) is 5.69 Å². The number of nitrogens with zero attached hydrogens (tertiary/aromatic N) is 3. The molecule has 1 aliphatic heterocycles. The van der Waals surface area contributed by atoms with Crippen molar-refractivity contribution in [3.05, 3.63) is 71.0 Å². The fourth-order valence-corrected chi connectivity index (χ4v) is 4.87. The van der Waals surface area contributed by atoms with E-state index in [4.69, 9.17) is 0 Å². The normalized spacial score (nSPS) is 13.4. The highest BCUT2D eigenvalue weighted by Crippen LogP contribution is 2.25. The molecule has 1 saturated heterocycles. The molecule has 2 amide bonds. The van der Waals surface area contributed by atoms with Crippen molar-refractivity contribution in [2.45, 2.75) is 38.8 Å². The van der Waals surface area contributed by atoms with Crippen molar-refractivity contribution in [1.82, 2.24) is 14.5 Å². The van der Waals surface area contributed by atoms with E-state index in [-0.39, 0.29) is 17.6 Å². The van der Waals surface area contributed by atoms with Crippen LogP contribution < -0.4 is 5.32 Å². The van der Waals surface area contributed by atoms with Gasteiger partial charge in [-0.1, -0.05) is 23.9 Å². The second-order valence-corrected chi connectivity index (χ2v) is 9.18. The number of rotatable bonds is 6. The zero-order valence-electron chi connectivity index (χ0n) is 18.7. The van der Waals surface area contributed by atoms with E-state index < -0.39 is 0 Å². The van der Waals surface area contributed by atoms with Gasteiger partial charge in [0.1, 0.15) is 0 Å². The minimum absolute atomic E-state index is 0.0425. The van der Waals surface area contributed by atoms with Gasteiger partial charge < -0.3 is 10.2 Å². The summed E-state index contributed by atoms with van der Waals surface area (Å²) in [7, 11) is 0. The van der Waals surface area contributed by atoms with E-state index in [1.165, 1.54) is 22.9 Å². The minimum atomic E-state index is -0.126. The Labute approximate surface area is 193 Å². The molecule has 6 nitrogen and oxygen atoms in total. The summed E-state index contributed by atoms with van der Waals surface area (Å²) in [6.07, 6.45) is 5.76. The number of imidazole rings is 1. The molecule has 0 unspecified atom stereocenters. The van der Waals surface area contributed by atoms with Gasteiger partial charge in [0, 0.05) is 42.4 Å². The Kier molecular flexibility index (Phi) is 6.65. The third-order valence-electron chi connectivity index (χ3n) is 5.66. The van der Waals surface area contributed by atoms with Gasteiger partial charge in [-0.05, 0) is 74.6 Å². The van der Waals surface area contributed by atoms with Crippen LogP contribution in [0.25, 0.3) is 5.69 Å². The second kappa shape index (κ2) is 9.61. The van der Waals surface area contributed by atoms with Crippen LogP contribution in [0.1, 0.15) is 39.9 Å². The van der Waals surface area contributed by atoms with Crippen LogP contribution in [0.2, 0.25) is 0 Å². The van der Waals surface area contributed by atoms with Gasteiger partial charge in [0.2, 0.25) is 5.91 Å². The van der Waals surface area contributed by atoms with Gasteiger partial charge in [-0.25, -0.2) is 4.98 Å². The molecule has 2 heterocycles. The number of likely N-dealkylation sites (tertiary alicyclic amines) is 1. The molecule has 0 radical (unpaired) electrons. The molecule has 0 spiro atoms. The predicted octanol–water partition coefficient (Wildman–Crippen LogP) is 4.76. The highest BCUT2D eigenvalue weighted by Gasteiger charge is 2.22. The molecular weight excluding hydrogens is 420 g/mol. The maximum absolute atomic E-state index is 12.8. The van der Waals surface area contributed by atoms with Crippen LogP contribution in [-0.4, -0.2) is 45.1 Å². The van der Waals surface area contributed by atoms with Gasteiger partial charge >= 0.3 is 0 Å². The fraction of sp³-hybridized carbons (Fsp3) is 0.320. The number of thioether (sulfide) groups is 1. The average Bonchev–Trinajstić information content (AvgIpc) is 3.45. The number of hydrogen-bond acceptors (Lipinski definition) is 4. The Morgan fingerprint density at radius 3 is 2.50 bits per heavy atom. The monoisotopic (exact) mass is 448 g/mol. The molecule has 0 saturated carbocycles. The molecule has 1 aliphatic rings. The van der Waals surface area contributed by atoms with Crippen LogP contribution in [0, 0.1) is 20.8 Å². The van der Waals surface area contributed by atoms with Crippen molar-refractivity contribution in [3.63, 3.8) is 0 Å². The third-order valence-corrected chi connectivity index (χ3v) is 6.62. The van der Waals surface area contributed by atoms with E-state index in [9.17, 15) is 9.59 Å². The third kappa shape index (κ3) is 4.88. The highest BCUT2D eigenvalue weighted by molar-refractivity contribution is 7.99. The number of benzene rings is 2. The van der Waals surface area contributed by atoms with Crippen molar-refractivity contribution < 1.29 is 9.59 Å². The van der Waals surface area contributed by atoms with Gasteiger partial charge in [-0.2, -0.15) is 0 Å². The summed E-state index contributed by atoms with van der Waals surface area (Å²) in [6.45, 7) is 7.63. The average molecular weight is 449 g/mol. The van der Waals surface area contributed by atoms with Crippen LogP contribution >= 0.6 is 11.8 Å². The lowest BCUT2D eigenvalue weighted by molar-refractivity contribution is -0.113. The summed E-state index contributed by atoms with van der Waals surface area (Å²) in [5, 5.41) is 3.73. The molecule has 0 aliphatic carbocycles. The van der Waals surface area contributed by atoms with Gasteiger partial charge in [0.25, 0.3) is 5.91 Å². The summed E-state index contributed by atoms with van der Waals surface area (Å²) in [6, 6.07) is 11.8. The Bertz CT molecular complexity index is 1130. The summed E-state index contributed by atoms with van der Waals surface area (Å²) < 4.78 is 2.00. The first-order chi connectivity index (χ1) is 15.4. The zero-order chi connectivity index (χ0) is 22.7. The number of anilines is 1. The largest absolute Gasteiger partial charge is 0.339 e. The molecule has 7 heteroatoms. The standard InChI is InChI=1S/C25H28N4O2S/c1-17-13-18(2)15-20(14-17)29-12-9-26-25(29)32-16-23(30)27-22-8-6-7-21(19(22)3)24(31)28-10-4-5-11-28/h6-9,12-15H,4-5,10-11,16H2,1-3H3,(H,27,30). The van der Waals surface area contributed by atoms with Gasteiger partial charge in [-0.3, -0.25) is 14.2 Å². The molecular formula is C25H28N4O2S. The maximum atomic E-state index is 12.8. The molecule has 32 heavy (non-hydrogen) atoms. The summed E-state index contributed by atoms with van der Waals surface area (Å²) in [5.41, 5.74) is 5.54. The molecule has 4 rings (SSSR count). The van der Waals surface area contributed by atoms with Crippen LogP contribution in [0.5, 0.6) is 0 Å². The lowest BCUT2D eigenvalue weighted by Gasteiger charge is -2.18. The molecule has 0 atom stereocenters. The first kappa shape index (κ1) is 22.1. The van der Waals surface area contributed by atoms with Gasteiger partial charge in [0.15, 0.2) is 5.16 Å². The van der Waals surface area contributed by atoms with E-state index in [0.29, 0.717) is 11.3 Å². The predicted molar refractivity (Wildman–Crippen MR) is 129 cm³/mol. The number of amides is 2. The summed E-state index contributed by atoms with van der Waals surface area (Å²) >= 11 is 1.39. The van der Waals surface area contributed by atoms with Gasteiger partial charge in [-0.15, -0.1) is 0 Å². The smallest absolute Gasteiger partial charge is 0.254 e. The van der Waals surface area contributed by atoms with Crippen molar-refractivity contribution in [1.29, 1.82) is 0 Å². The fourth-order valence-electron chi connectivity index (χ4n) is 4.09. The molecule has 1 aromatic heterocycles. The number of carbonyl (C=O) groups excluding carboxylic acids is 2. The summed E-state index contributed by atoms with van der Waals surface area (Å²) in [4.78, 5) is 31.8. The van der Waals surface area contributed by atoms with Crippen molar-refractivity contribution >= 4 is 29.3 Å². The van der Waals surface area contributed by atoms with E-state index >= 15 is 0 Å². The first-order valence-electron chi connectivity index (χ1n) is 10.9. The van der Waals surface area contributed by atoms with E-state index in [1.807, 2.05) is 40.8 Å². The Morgan fingerprint density at radius 2 is 1.78 bits per heavy atom. The quantitative estimate of drug-likeness (QED) is 0.552. The topological polar surface area (TPSA) is 67.2 Å². The number of aromatic nitrogens is 2. The van der Waals surface area contributed by atoms with Crippen LogP contribution in [0.3, 0.4) is 0 Å². The van der Waals surface area contributed by atoms with Gasteiger partial charge in [0.05, 0.1) is 5.75 Å². The highest BCUT2D eigenvalue weighted by atomic mass is 32.2. The first-order valence-corrected chi connectivity index (χ1v) is 11.8. The number of aryl methyl sites for hydroxylation is 2. The van der Waals surface area contributed by atoms with E-state index in [1.54, 1.807) is 6.20 Å². The van der Waals surface area contributed by atoms with Crippen LogP contribution in [0.15, 0.2) is 53.9 Å². The molecule has 1 fully saturated rings. The lowest BCUT2D eigenvalue weighted by atomic mass is 10.1. The van der Waals surface area contributed by atoms with Crippen molar-refractivity contribution in [2.24, 2.45) is 0 Å². The van der Waals surface area contributed by atoms with E-state index in [2.05, 4.69) is 42.3 Å². The minimum Gasteiger partial charge on any atom is -0.339 e. The number of hydrogen-bond donors (Lipinski definition) is 1. The molecule has 3 aromatic rings. The Morgan fingerprint density at radius 1 is 1.06 bits per heavy atom. The van der Waals surface area contributed by atoms with E-state index in [0.717, 1.165) is 42.3 Å². The SMILES string of the molecule is Cc1cc(C)cc(-n2ccnc2SCC(=O)Nc2cccc(C(=O)N3CCCC3)c2C)c1. The van der Waals surface area contributed by atoms with Crippen molar-refractivity contribution in [2.75, 3.05) is 24.2 Å². The van der Waals surface area contributed by atoms with Crippen LogP contribution in [0.4, 0.5) is 5.69 Å². The maximum Gasteiger partial charge on any atom is 0.254 e. The summed E-state index contributed by atoms with van der Waals surface area (Å²) in [5.74, 6) is 0.144. The molecule has 0 bridgehead atoms. The molecule has 1 N–H and O–H groups in total. The Balaban J connectivity index is 1.43. The number of carbonyl (C=O) groups is 2. The molecule has 2 aromatic carbocycles. The van der Waals surface area contributed by atoms with Crippen LogP contribution in [-0.2, 0) is 4.79 Å².